The minimum atomic E-state index is -0.422. The fourth-order valence-corrected chi connectivity index (χ4v) is 2.29. The topological polar surface area (TPSA) is 47.3 Å². The number of hydrogen-bond donors (Lipinski definition) is 2. The standard InChI is InChI=1S/C13H19FN2O/c1-3-13(5-4-6-13)16-11-8-12(17-2)9(14)7-10(11)15/h7-8,16H,3-6,15H2,1-2H3. The zero-order valence-electron chi connectivity index (χ0n) is 10.3. The molecular formula is C13H19FN2O. The Balaban J connectivity index is 2.26. The van der Waals surface area contributed by atoms with E-state index in [9.17, 15) is 4.39 Å². The number of halogens is 1. The lowest BCUT2D eigenvalue weighted by Gasteiger charge is -2.43. The summed E-state index contributed by atoms with van der Waals surface area (Å²) >= 11 is 0. The first-order chi connectivity index (χ1) is 8.10. The van der Waals surface area contributed by atoms with E-state index in [1.807, 2.05) is 0 Å². The number of ether oxygens (including phenoxy) is 1. The molecule has 3 nitrogen and oxygen atoms in total. The number of hydrogen-bond acceptors (Lipinski definition) is 3. The highest BCUT2D eigenvalue weighted by Gasteiger charge is 2.35. The van der Waals surface area contributed by atoms with Gasteiger partial charge in [-0.15, -0.1) is 0 Å². The first-order valence-electron chi connectivity index (χ1n) is 6.01. The van der Waals surface area contributed by atoms with Gasteiger partial charge in [-0.3, -0.25) is 0 Å². The number of anilines is 2. The molecule has 0 aromatic heterocycles. The smallest absolute Gasteiger partial charge is 0.167 e. The molecule has 0 bridgehead atoms. The van der Waals surface area contributed by atoms with Crippen molar-refractivity contribution in [3.63, 3.8) is 0 Å². The molecule has 2 rings (SSSR count). The molecular weight excluding hydrogens is 219 g/mol. The third-order valence-corrected chi connectivity index (χ3v) is 3.71. The van der Waals surface area contributed by atoms with E-state index < -0.39 is 5.82 Å². The Bertz CT molecular complexity index is 411. The van der Waals surface area contributed by atoms with Crippen LogP contribution in [-0.2, 0) is 0 Å². The number of nitrogens with one attached hydrogen (secondary N) is 1. The molecule has 17 heavy (non-hydrogen) atoms. The van der Waals surface area contributed by atoms with E-state index in [0.717, 1.165) is 24.9 Å². The Kier molecular flexibility index (Phi) is 3.13. The van der Waals surface area contributed by atoms with Gasteiger partial charge in [-0.2, -0.15) is 0 Å². The molecule has 0 atom stereocenters. The van der Waals surface area contributed by atoms with Crippen molar-refractivity contribution in [3.8, 4) is 5.75 Å². The summed E-state index contributed by atoms with van der Waals surface area (Å²) in [5.41, 5.74) is 7.17. The van der Waals surface area contributed by atoms with Crippen LogP contribution >= 0.6 is 0 Å². The molecule has 4 heteroatoms. The third kappa shape index (κ3) is 2.16. The maximum Gasteiger partial charge on any atom is 0.167 e. The van der Waals surface area contributed by atoms with E-state index in [-0.39, 0.29) is 11.3 Å². The van der Waals surface area contributed by atoms with E-state index in [0.29, 0.717) is 5.69 Å². The van der Waals surface area contributed by atoms with Gasteiger partial charge in [0, 0.05) is 17.7 Å². The van der Waals surface area contributed by atoms with Gasteiger partial charge in [-0.25, -0.2) is 4.39 Å². The molecule has 0 heterocycles. The van der Waals surface area contributed by atoms with Crippen molar-refractivity contribution < 1.29 is 9.13 Å². The highest BCUT2D eigenvalue weighted by Crippen LogP contribution is 2.40. The highest BCUT2D eigenvalue weighted by molar-refractivity contribution is 5.69. The summed E-state index contributed by atoms with van der Waals surface area (Å²) in [5.74, 6) is -0.193. The van der Waals surface area contributed by atoms with Crippen LogP contribution in [0.5, 0.6) is 5.75 Å². The molecule has 1 aromatic rings. The van der Waals surface area contributed by atoms with Crippen LogP contribution in [0.25, 0.3) is 0 Å². The van der Waals surface area contributed by atoms with Crippen LogP contribution in [0.3, 0.4) is 0 Å². The summed E-state index contributed by atoms with van der Waals surface area (Å²) in [5, 5.41) is 3.44. The Morgan fingerprint density at radius 3 is 2.65 bits per heavy atom. The van der Waals surface area contributed by atoms with Gasteiger partial charge < -0.3 is 15.8 Å². The molecule has 94 valence electrons. The zero-order chi connectivity index (χ0) is 12.5. The van der Waals surface area contributed by atoms with Gasteiger partial charge in [0.25, 0.3) is 0 Å². The van der Waals surface area contributed by atoms with E-state index in [1.54, 1.807) is 6.07 Å². The van der Waals surface area contributed by atoms with Crippen molar-refractivity contribution in [1.29, 1.82) is 0 Å². The molecule has 0 saturated heterocycles. The molecule has 0 radical (unpaired) electrons. The number of nitrogens with two attached hydrogens (primary N) is 1. The third-order valence-electron chi connectivity index (χ3n) is 3.71. The van der Waals surface area contributed by atoms with Gasteiger partial charge in [0.15, 0.2) is 11.6 Å². The van der Waals surface area contributed by atoms with Crippen molar-refractivity contribution in [3.05, 3.63) is 17.9 Å². The van der Waals surface area contributed by atoms with Crippen molar-refractivity contribution in [2.24, 2.45) is 0 Å². The van der Waals surface area contributed by atoms with Crippen LogP contribution in [0.15, 0.2) is 12.1 Å². The van der Waals surface area contributed by atoms with Gasteiger partial charge in [0.05, 0.1) is 18.5 Å². The van der Waals surface area contributed by atoms with Crippen LogP contribution in [0.1, 0.15) is 32.6 Å². The average Bonchev–Trinajstić information content (AvgIpc) is 2.26. The summed E-state index contributed by atoms with van der Waals surface area (Å²) < 4.78 is 18.4. The van der Waals surface area contributed by atoms with Crippen LogP contribution < -0.4 is 15.8 Å². The van der Waals surface area contributed by atoms with E-state index >= 15 is 0 Å². The Morgan fingerprint density at radius 2 is 2.18 bits per heavy atom. The fraction of sp³-hybridized carbons (Fsp3) is 0.538. The summed E-state index contributed by atoms with van der Waals surface area (Å²) in [6.45, 7) is 2.16. The van der Waals surface area contributed by atoms with Gasteiger partial charge in [-0.05, 0) is 25.7 Å². The highest BCUT2D eigenvalue weighted by atomic mass is 19.1. The van der Waals surface area contributed by atoms with Crippen molar-refractivity contribution >= 4 is 11.4 Å². The first-order valence-corrected chi connectivity index (χ1v) is 6.01. The quantitative estimate of drug-likeness (QED) is 0.792. The summed E-state index contributed by atoms with van der Waals surface area (Å²) in [6.07, 6.45) is 4.57. The SMILES string of the molecule is CCC1(Nc2cc(OC)c(F)cc2N)CCC1. The summed E-state index contributed by atoms with van der Waals surface area (Å²) in [7, 11) is 1.46. The van der Waals surface area contributed by atoms with Crippen molar-refractivity contribution in [2.75, 3.05) is 18.2 Å². The number of rotatable bonds is 4. The minimum Gasteiger partial charge on any atom is -0.494 e. The molecule has 1 aromatic carbocycles. The Hall–Kier alpha value is -1.45. The predicted octanol–water partition coefficient (Wildman–Crippen LogP) is 3.16. The van der Waals surface area contributed by atoms with Crippen molar-refractivity contribution in [2.45, 2.75) is 38.1 Å². The summed E-state index contributed by atoms with van der Waals surface area (Å²) in [6, 6.07) is 2.95. The van der Waals surface area contributed by atoms with Crippen LogP contribution in [-0.4, -0.2) is 12.6 Å². The average molecular weight is 238 g/mol. The molecule has 0 spiro atoms. The van der Waals surface area contributed by atoms with Gasteiger partial charge in [-0.1, -0.05) is 6.92 Å². The molecule has 0 aliphatic heterocycles. The molecule has 1 fully saturated rings. The second-order valence-electron chi connectivity index (χ2n) is 4.69. The van der Waals surface area contributed by atoms with Crippen LogP contribution in [0, 0.1) is 5.82 Å². The number of methoxy groups -OCH3 is 1. The Labute approximate surface area is 101 Å². The second-order valence-corrected chi connectivity index (χ2v) is 4.69. The predicted molar refractivity (Wildman–Crippen MR) is 67.9 cm³/mol. The molecule has 1 aliphatic rings. The number of nitrogen functional groups attached to an aromatic ring is 1. The lowest BCUT2D eigenvalue weighted by molar-refractivity contribution is 0.269. The van der Waals surface area contributed by atoms with Gasteiger partial charge in [0.1, 0.15) is 0 Å². The van der Waals surface area contributed by atoms with E-state index in [2.05, 4.69) is 12.2 Å². The first kappa shape index (κ1) is 12.0. The molecule has 0 unspecified atom stereocenters. The van der Waals surface area contributed by atoms with Gasteiger partial charge in [0.2, 0.25) is 0 Å². The fourth-order valence-electron chi connectivity index (χ4n) is 2.29. The van der Waals surface area contributed by atoms with Gasteiger partial charge >= 0.3 is 0 Å². The molecule has 1 aliphatic carbocycles. The minimum absolute atomic E-state index is 0.136. The van der Waals surface area contributed by atoms with E-state index in [4.69, 9.17) is 10.5 Å². The van der Waals surface area contributed by atoms with Crippen LogP contribution in [0.4, 0.5) is 15.8 Å². The lowest BCUT2D eigenvalue weighted by Crippen LogP contribution is -2.44. The normalized spacial score (nSPS) is 17.4. The maximum absolute atomic E-state index is 13.4. The van der Waals surface area contributed by atoms with Crippen LogP contribution in [0.2, 0.25) is 0 Å². The largest absolute Gasteiger partial charge is 0.494 e. The Morgan fingerprint density at radius 1 is 1.47 bits per heavy atom. The maximum atomic E-state index is 13.4. The second kappa shape index (κ2) is 4.43. The molecule has 1 saturated carbocycles. The lowest BCUT2D eigenvalue weighted by atomic mass is 9.74. The monoisotopic (exact) mass is 238 g/mol. The molecule has 0 amide bonds. The number of benzene rings is 1. The van der Waals surface area contributed by atoms with Crippen molar-refractivity contribution in [1.82, 2.24) is 0 Å². The zero-order valence-corrected chi connectivity index (χ0v) is 10.3. The van der Waals surface area contributed by atoms with E-state index in [1.165, 1.54) is 19.6 Å². The molecule has 3 N–H and O–H groups in total. The summed E-state index contributed by atoms with van der Waals surface area (Å²) in [4.78, 5) is 0.